The van der Waals surface area contributed by atoms with Crippen molar-refractivity contribution in [1.82, 2.24) is 10.2 Å². The van der Waals surface area contributed by atoms with Crippen LogP contribution in [0.25, 0.3) is 0 Å². The lowest BCUT2D eigenvalue weighted by atomic mass is 9.75. The molecule has 11 heteroatoms. The fourth-order valence-corrected chi connectivity index (χ4v) is 5.84. The van der Waals surface area contributed by atoms with Gasteiger partial charge in [-0.1, -0.05) is 6.42 Å². The first kappa shape index (κ1) is 28.7. The second-order valence-corrected chi connectivity index (χ2v) is 12.8. The zero-order chi connectivity index (χ0) is 27.3. The van der Waals surface area contributed by atoms with Crippen LogP contribution in [0.5, 0.6) is 0 Å². The van der Waals surface area contributed by atoms with E-state index < -0.39 is 40.4 Å². The van der Waals surface area contributed by atoms with E-state index in [-0.39, 0.29) is 30.8 Å². The number of nitrogens with one attached hydrogen (secondary N) is 1. The highest BCUT2D eigenvalue weighted by Gasteiger charge is 2.59. The molecule has 2 aliphatic heterocycles. The largest absolute Gasteiger partial charge is 0.480 e. The Hall–Kier alpha value is -1.85. The summed E-state index contributed by atoms with van der Waals surface area (Å²) >= 11 is 0. The fourth-order valence-electron chi connectivity index (χ4n) is 5.84. The van der Waals surface area contributed by atoms with Crippen LogP contribution in [-0.2, 0) is 23.6 Å². The van der Waals surface area contributed by atoms with Gasteiger partial charge in [0.25, 0.3) is 0 Å². The number of aliphatic carboxylic acids is 1. The van der Waals surface area contributed by atoms with Crippen LogP contribution >= 0.6 is 0 Å². The molecule has 4 N–H and O–H groups in total. The van der Waals surface area contributed by atoms with E-state index in [2.05, 4.69) is 5.32 Å². The average Bonchev–Trinajstić information content (AvgIpc) is 3.28. The number of fused-ring (bicyclic) bond motifs is 1. The van der Waals surface area contributed by atoms with Crippen LogP contribution in [0.4, 0.5) is 4.79 Å². The predicted octanol–water partition coefficient (Wildman–Crippen LogP) is 2.65. The number of carboxylic acids is 1. The molecule has 0 aromatic carbocycles. The third-order valence-corrected chi connectivity index (χ3v) is 8.34. The van der Waals surface area contributed by atoms with Crippen molar-refractivity contribution in [3.8, 4) is 0 Å². The Morgan fingerprint density at radius 1 is 1.17 bits per heavy atom. The van der Waals surface area contributed by atoms with Crippen molar-refractivity contribution in [3.05, 3.63) is 0 Å². The van der Waals surface area contributed by atoms with Crippen LogP contribution in [0.3, 0.4) is 0 Å². The van der Waals surface area contributed by atoms with E-state index in [0.717, 1.165) is 0 Å². The van der Waals surface area contributed by atoms with E-state index in [1.54, 1.807) is 32.6 Å². The van der Waals surface area contributed by atoms with E-state index in [4.69, 9.17) is 19.8 Å². The van der Waals surface area contributed by atoms with Gasteiger partial charge in [0.2, 0.25) is 5.91 Å². The van der Waals surface area contributed by atoms with E-state index in [1.165, 1.54) is 0 Å². The lowest BCUT2D eigenvalue weighted by molar-refractivity contribution is -0.145. The molecule has 0 aromatic rings. The number of carboxylic acid groups (broad SMARTS) is 1. The van der Waals surface area contributed by atoms with E-state index in [1.807, 2.05) is 27.7 Å². The summed E-state index contributed by atoms with van der Waals surface area (Å²) in [6.07, 6.45) is 1.65. The molecule has 1 saturated carbocycles. The molecule has 2 amide bonds. The molecule has 3 fully saturated rings. The van der Waals surface area contributed by atoms with Gasteiger partial charge in [0.15, 0.2) is 0 Å². The minimum Gasteiger partial charge on any atom is -0.480 e. The summed E-state index contributed by atoms with van der Waals surface area (Å²) in [4.78, 5) is 39.1. The Bertz CT molecular complexity index is 858. The molecule has 0 radical (unpaired) electrons. The molecule has 0 bridgehead atoms. The number of amides is 2. The smallest absolute Gasteiger partial charge is 0.457 e. The van der Waals surface area contributed by atoms with Crippen molar-refractivity contribution in [2.24, 2.45) is 23.5 Å². The second kappa shape index (κ2) is 9.80. The van der Waals surface area contributed by atoms with Gasteiger partial charge in [-0.05, 0) is 92.3 Å². The topological polar surface area (TPSA) is 140 Å². The van der Waals surface area contributed by atoms with Crippen molar-refractivity contribution in [3.63, 3.8) is 0 Å². The van der Waals surface area contributed by atoms with Crippen LogP contribution < -0.4 is 11.1 Å². The van der Waals surface area contributed by atoms with Crippen molar-refractivity contribution >= 4 is 25.1 Å². The van der Waals surface area contributed by atoms with Gasteiger partial charge < -0.3 is 35.1 Å². The van der Waals surface area contributed by atoms with Gasteiger partial charge in [-0.3, -0.25) is 9.59 Å². The Morgan fingerprint density at radius 2 is 1.75 bits per heavy atom. The van der Waals surface area contributed by atoms with E-state index >= 15 is 0 Å². The number of hydrogen-bond donors (Lipinski definition) is 3. The second-order valence-electron chi connectivity index (χ2n) is 12.8. The number of alkyl carbamates (subject to hydrolysis) is 1. The summed E-state index contributed by atoms with van der Waals surface area (Å²) in [6.45, 7) is 15.8. The first-order chi connectivity index (χ1) is 16.4. The molecule has 3 aliphatic rings. The quantitative estimate of drug-likeness (QED) is 0.445. The summed E-state index contributed by atoms with van der Waals surface area (Å²) < 4.78 is 17.4. The van der Waals surface area contributed by atoms with Crippen molar-refractivity contribution in [2.45, 2.75) is 109 Å². The maximum absolute atomic E-state index is 13.1. The van der Waals surface area contributed by atoms with Crippen molar-refractivity contribution in [2.75, 3.05) is 13.1 Å². The van der Waals surface area contributed by atoms with Gasteiger partial charge in [-0.15, -0.1) is 0 Å². The van der Waals surface area contributed by atoms with Gasteiger partial charge >= 0.3 is 19.2 Å². The molecule has 10 nitrogen and oxygen atoms in total. The standard InChI is InChI=1S/C25H44BN3O7/c1-15(28-21(33)34-22(2,3)4)19(30)29-13-16-12-25(27,20(31)32)18(17(16)14-29)10-9-11-26-35-23(5,6)24(7,8)36-26/h15-18H,9-14,27H2,1-8H3,(H,28,33)(H,31,32)/t15-,16-,17?,18?,25?/m0/s1. The van der Waals surface area contributed by atoms with Gasteiger partial charge in [0.05, 0.1) is 11.2 Å². The first-order valence-corrected chi connectivity index (χ1v) is 13.0. The molecule has 1 aliphatic carbocycles. The predicted molar refractivity (Wildman–Crippen MR) is 135 cm³/mol. The van der Waals surface area contributed by atoms with Gasteiger partial charge in [0, 0.05) is 13.1 Å². The number of ether oxygens (including phenoxy) is 1. The number of rotatable bonds is 7. The molecule has 0 aromatic heterocycles. The summed E-state index contributed by atoms with van der Waals surface area (Å²) in [5.74, 6) is -1.47. The zero-order valence-electron chi connectivity index (χ0n) is 23.1. The third kappa shape index (κ3) is 5.83. The van der Waals surface area contributed by atoms with Crippen LogP contribution in [0, 0.1) is 17.8 Å². The van der Waals surface area contributed by atoms with E-state index in [9.17, 15) is 19.5 Å². The number of carbonyl (C=O) groups is 3. The molecule has 5 atom stereocenters. The monoisotopic (exact) mass is 509 g/mol. The van der Waals surface area contributed by atoms with Gasteiger partial charge in [-0.2, -0.15) is 0 Å². The molecule has 3 rings (SSSR count). The lowest BCUT2D eigenvalue weighted by Gasteiger charge is -2.32. The molecule has 36 heavy (non-hydrogen) atoms. The van der Waals surface area contributed by atoms with Crippen molar-refractivity contribution in [1.29, 1.82) is 0 Å². The number of carbonyl (C=O) groups excluding carboxylic acids is 2. The maximum atomic E-state index is 13.1. The normalized spacial score (nSPS) is 31.8. The summed E-state index contributed by atoms with van der Waals surface area (Å²) in [5, 5.41) is 12.6. The van der Waals surface area contributed by atoms with Gasteiger partial charge in [0.1, 0.15) is 17.2 Å². The summed E-state index contributed by atoms with van der Waals surface area (Å²) in [5.41, 5.74) is 3.68. The molecule has 204 valence electrons. The number of nitrogens with zero attached hydrogens (tertiary/aromatic N) is 1. The molecular weight excluding hydrogens is 465 g/mol. The van der Waals surface area contributed by atoms with Crippen molar-refractivity contribution < 1.29 is 33.5 Å². The third-order valence-electron chi connectivity index (χ3n) is 8.34. The highest BCUT2D eigenvalue weighted by molar-refractivity contribution is 6.45. The van der Waals surface area contributed by atoms with E-state index in [0.29, 0.717) is 38.7 Å². The molecular formula is C25H44BN3O7. The zero-order valence-corrected chi connectivity index (χ0v) is 23.1. The maximum Gasteiger partial charge on any atom is 0.457 e. The first-order valence-electron chi connectivity index (χ1n) is 13.0. The molecule has 2 saturated heterocycles. The SMILES string of the molecule is C[C@H](NC(=O)OC(C)(C)C)C(=O)N1CC2C(CCCB3OC(C)(C)C(C)(C)O3)C(N)(C(=O)O)C[C@H]2C1. The lowest BCUT2D eigenvalue weighted by Crippen LogP contribution is -2.54. The molecule has 0 spiro atoms. The minimum absolute atomic E-state index is 0.00521. The van der Waals surface area contributed by atoms with Crippen LogP contribution in [0.15, 0.2) is 0 Å². The fraction of sp³-hybridized carbons (Fsp3) is 0.880. The Morgan fingerprint density at radius 3 is 2.28 bits per heavy atom. The number of hydrogen-bond acceptors (Lipinski definition) is 7. The minimum atomic E-state index is -1.32. The van der Waals surface area contributed by atoms with Crippen LogP contribution in [-0.4, -0.2) is 76.6 Å². The Kier molecular flexibility index (Phi) is 7.82. The summed E-state index contributed by atoms with van der Waals surface area (Å²) in [6, 6.07) is -0.748. The average molecular weight is 509 g/mol. The van der Waals surface area contributed by atoms with Gasteiger partial charge in [-0.25, -0.2) is 4.79 Å². The van der Waals surface area contributed by atoms with Crippen LogP contribution in [0.1, 0.15) is 74.7 Å². The Balaban J connectivity index is 1.60. The number of likely N-dealkylation sites (tertiary alicyclic amines) is 1. The molecule has 3 unspecified atom stereocenters. The summed E-state index contributed by atoms with van der Waals surface area (Å²) in [7, 11) is -0.342. The Labute approximate surface area is 215 Å². The highest BCUT2D eigenvalue weighted by Crippen LogP contribution is 2.50. The molecule has 2 heterocycles. The highest BCUT2D eigenvalue weighted by atomic mass is 16.7. The number of nitrogens with two attached hydrogens (primary N) is 1. The van der Waals surface area contributed by atoms with Crippen LogP contribution in [0.2, 0.25) is 6.32 Å².